The number of aromatic amines is 1. The Labute approximate surface area is 118 Å². The predicted octanol–water partition coefficient (Wildman–Crippen LogP) is -0.400. The van der Waals surface area contributed by atoms with E-state index in [9.17, 15) is 19.5 Å². The van der Waals surface area contributed by atoms with Crippen LogP contribution in [0.5, 0.6) is 11.6 Å². The summed E-state index contributed by atoms with van der Waals surface area (Å²) in [6.45, 7) is 0. The first-order chi connectivity index (χ1) is 10.0. The number of carbonyl (C=O) groups excluding carboxylic acids is 1. The van der Waals surface area contributed by atoms with E-state index in [1.165, 1.54) is 20.2 Å². The summed E-state index contributed by atoms with van der Waals surface area (Å²) in [6.07, 6.45) is 0. The van der Waals surface area contributed by atoms with Gasteiger partial charge in [-0.3, -0.25) is 14.6 Å². The van der Waals surface area contributed by atoms with Crippen LogP contribution < -0.4 is 21.3 Å². The van der Waals surface area contributed by atoms with Gasteiger partial charge in [0.05, 0.1) is 12.8 Å². The maximum atomic E-state index is 12.0. The fourth-order valence-corrected chi connectivity index (χ4v) is 1.89. The molecule has 21 heavy (non-hydrogen) atoms. The largest absolute Gasteiger partial charge is 0.495 e. The van der Waals surface area contributed by atoms with Crippen molar-refractivity contribution in [2.45, 2.75) is 0 Å². The van der Waals surface area contributed by atoms with Crippen molar-refractivity contribution in [3.8, 4) is 17.3 Å². The lowest BCUT2D eigenvalue weighted by Gasteiger charge is -2.13. The minimum absolute atomic E-state index is 0.198. The first kappa shape index (κ1) is 14.4. The molecule has 1 heterocycles. The van der Waals surface area contributed by atoms with Gasteiger partial charge >= 0.3 is 5.69 Å². The van der Waals surface area contributed by atoms with E-state index in [4.69, 9.17) is 4.74 Å². The molecule has 8 nitrogen and oxygen atoms in total. The van der Waals surface area contributed by atoms with E-state index in [0.29, 0.717) is 5.75 Å². The summed E-state index contributed by atoms with van der Waals surface area (Å²) in [4.78, 5) is 37.3. The molecular formula is C13H13N3O5. The molecule has 2 aromatic rings. The van der Waals surface area contributed by atoms with E-state index < -0.39 is 28.6 Å². The molecular weight excluding hydrogens is 278 g/mol. The summed E-state index contributed by atoms with van der Waals surface area (Å²) < 4.78 is 5.90. The molecule has 0 fully saturated rings. The van der Waals surface area contributed by atoms with E-state index in [1.807, 2.05) is 4.98 Å². The summed E-state index contributed by atoms with van der Waals surface area (Å²) in [5.74, 6) is -1.27. The van der Waals surface area contributed by atoms with Crippen LogP contribution in [0.3, 0.4) is 0 Å². The summed E-state index contributed by atoms with van der Waals surface area (Å²) in [7, 11) is 2.70. The normalized spacial score (nSPS) is 10.2. The van der Waals surface area contributed by atoms with Crippen LogP contribution in [0.4, 0.5) is 0 Å². The fourth-order valence-electron chi connectivity index (χ4n) is 1.89. The standard InChI is InChI=1S/C13H13N3O5/c1-14-10(17)9-11(18)15-13(20)16(12(9)19)7-5-3-4-6-8(7)21-2/h3-6,19H,1-2H3,(H,14,17)(H,15,18,20). The van der Waals surface area contributed by atoms with Crippen LogP contribution in [0.1, 0.15) is 10.4 Å². The molecule has 8 heteroatoms. The average Bonchev–Trinajstić information content (AvgIpc) is 2.47. The second-order valence-corrected chi connectivity index (χ2v) is 4.04. The molecule has 0 aliphatic heterocycles. The molecule has 0 saturated heterocycles. The number of methoxy groups -OCH3 is 1. The number of para-hydroxylation sites is 2. The second-order valence-electron chi connectivity index (χ2n) is 4.04. The number of hydrogen-bond donors (Lipinski definition) is 3. The van der Waals surface area contributed by atoms with Gasteiger partial charge in [0.15, 0.2) is 5.56 Å². The maximum absolute atomic E-state index is 12.0. The summed E-state index contributed by atoms with van der Waals surface area (Å²) in [5.41, 5.74) is -2.20. The summed E-state index contributed by atoms with van der Waals surface area (Å²) in [6, 6.07) is 6.38. The molecule has 1 aromatic carbocycles. The van der Waals surface area contributed by atoms with Gasteiger partial charge < -0.3 is 15.2 Å². The third-order valence-electron chi connectivity index (χ3n) is 2.87. The number of carbonyl (C=O) groups is 1. The van der Waals surface area contributed by atoms with Gasteiger partial charge in [0.1, 0.15) is 5.75 Å². The molecule has 0 bridgehead atoms. The van der Waals surface area contributed by atoms with Crippen LogP contribution in [0.2, 0.25) is 0 Å². The first-order valence-electron chi connectivity index (χ1n) is 5.95. The number of nitrogens with one attached hydrogen (secondary N) is 2. The number of hydrogen-bond acceptors (Lipinski definition) is 5. The third-order valence-corrected chi connectivity index (χ3v) is 2.87. The van der Waals surface area contributed by atoms with Crippen LogP contribution in [0.15, 0.2) is 33.9 Å². The van der Waals surface area contributed by atoms with Crippen molar-refractivity contribution in [1.29, 1.82) is 0 Å². The van der Waals surface area contributed by atoms with Crippen molar-refractivity contribution in [2.24, 2.45) is 0 Å². The summed E-state index contributed by atoms with van der Waals surface area (Å²) in [5, 5.41) is 12.4. The number of benzene rings is 1. The molecule has 0 saturated carbocycles. The Hall–Kier alpha value is -3.03. The zero-order valence-corrected chi connectivity index (χ0v) is 11.3. The molecule has 0 spiro atoms. The number of H-pyrrole nitrogens is 1. The lowest BCUT2D eigenvalue weighted by Crippen LogP contribution is -2.36. The Morgan fingerprint density at radius 1 is 1.33 bits per heavy atom. The molecule has 2 rings (SSSR count). The fraction of sp³-hybridized carbons (Fsp3) is 0.154. The van der Waals surface area contributed by atoms with Crippen LogP contribution in [0.25, 0.3) is 5.69 Å². The minimum atomic E-state index is -0.969. The van der Waals surface area contributed by atoms with Gasteiger partial charge in [0, 0.05) is 7.05 Å². The predicted molar refractivity (Wildman–Crippen MR) is 74.3 cm³/mol. The van der Waals surface area contributed by atoms with E-state index >= 15 is 0 Å². The molecule has 3 N–H and O–H groups in total. The van der Waals surface area contributed by atoms with Gasteiger partial charge in [-0.1, -0.05) is 12.1 Å². The van der Waals surface area contributed by atoms with Gasteiger partial charge in [-0.2, -0.15) is 0 Å². The molecule has 0 atom stereocenters. The Balaban J connectivity index is 2.85. The highest BCUT2D eigenvalue weighted by Crippen LogP contribution is 2.24. The lowest BCUT2D eigenvalue weighted by atomic mass is 10.2. The van der Waals surface area contributed by atoms with E-state index in [1.54, 1.807) is 18.2 Å². The van der Waals surface area contributed by atoms with Crippen molar-refractivity contribution in [1.82, 2.24) is 14.9 Å². The number of nitrogens with zero attached hydrogens (tertiary/aromatic N) is 1. The highest BCUT2D eigenvalue weighted by Gasteiger charge is 2.22. The Morgan fingerprint density at radius 2 is 2.00 bits per heavy atom. The van der Waals surface area contributed by atoms with E-state index in [2.05, 4.69) is 5.32 Å². The lowest BCUT2D eigenvalue weighted by molar-refractivity contribution is 0.0957. The molecule has 0 aliphatic rings. The Kier molecular flexibility index (Phi) is 3.79. The molecule has 110 valence electrons. The second kappa shape index (κ2) is 5.53. The zero-order chi connectivity index (χ0) is 15.6. The number of aromatic hydroxyl groups is 1. The van der Waals surface area contributed by atoms with Gasteiger partial charge in [-0.05, 0) is 12.1 Å². The molecule has 1 aromatic heterocycles. The third kappa shape index (κ3) is 2.38. The highest BCUT2D eigenvalue weighted by molar-refractivity contribution is 5.95. The monoisotopic (exact) mass is 291 g/mol. The Bertz CT molecular complexity index is 806. The molecule has 0 unspecified atom stereocenters. The number of amides is 1. The highest BCUT2D eigenvalue weighted by atomic mass is 16.5. The quantitative estimate of drug-likeness (QED) is 0.712. The van der Waals surface area contributed by atoms with E-state index in [0.717, 1.165) is 4.57 Å². The first-order valence-corrected chi connectivity index (χ1v) is 5.95. The number of ether oxygens (including phenoxy) is 1. The van der Waals surface area contributed by atoms with Gasteiger partial charge in [-0.15, -0.1) is 0 Å². The van der Waals surface area contributed by atoms with Crippen LogP contribution >= 0.6 is 0 Å². The van der Waals surface area contributed by atoms with E-state index in [-0.39, 0.29) is 5.69 Å². The van der Waals surface area contributed by atoms with Crippen molar-refractivity contribution in [3.05, 3.63) is 50.7 Å². The minimum Gasteiger partial charge on any atom is -0.495 e. The van der Waals surface area contributed by atoms with Crippen molar-refractivity contribution in [3.63, 3.8) is 0 Å². The smallest absolute Gasteiger partial charge is 0.335 e. The number of rotatable bonds is 3. The molecule has 1 amide bonds. The van der Waals surface area contributed by atoms with Crippen molar-refractivity contribution < 1.29 is 14.6 Å². The van der Waals surface area contributed by atoms with Crippen LogP contribution in [0, 0.1) is 0 Å². The average molecular weight is 291 g/mol. The summed E-state index contributed by atoms with van der Waals surface area (Å²) >= 11 is 0. The Morgan fingerprint density at radius 3 is 2.62 bits per heavy atom. The van der Waals surface area contributed by atoms with Gasteiger partial charge in [0.2, 0.25) is 5.88 Å². The van der Waals surface area contributed by atoms with Crippen LogP contribution in [-0.2, 0) is 0 Å². The zero-order valence-electron chi connectivity index (χ0n) is 11.3. The number of aromatic nitrogens is 2. The van der Waals surface area contributed by atoms with Crippen molar-refractivity contribution in [2.75, 3.05) is 14.2 Å². The SMILES string of the molecule is CNC(=O)c1c(O)n(-c2ccccc2OC)c(=O)[nH]c1=O. The topological polar surface area (TPSA) is 113 Å². The molecule has 0 radical (unpaired) electrons. The van der Waals surface area contributed by atoms with Gasteiger partial charge in [0.25, 0.3) is 11.5 Å². The van der Waals surface area contributed by atoms with Gasteiger partial charge in [-0.25, -0.2) is 9.36 Å². The van der Waals surface area contributed by atoms with Crippen LogP contribution in [-0.4, -0.2) is 34.7 Å². The maximum Gasteiger partial charge on any atom is 0.335 e. The molecule has 0 aliphatic carbocycles. The van der Waals surface area contributed by atoms with Crippen molar-refractivity contribution >= 4 is 5.91 Å².